The predicted molar refractivity (Wildman–Crippen MR) is 113 cm³/mol. The van der Waals surface area contributed by atoms with Gasteiger partial charge in [0.1, 0.15) is 4.83 Å². The molecule has 0 spiro atoms. The number of fused-ring (bicyclic) bond motifs is 1. The van der Waals surface area contributed by atoms with Gasteiger partial charge in [0, 0.05) is 24.7 Å². The van der Waals surface area contributed by atoms with Crippen molar-refractivity contribution in [2.45, 2.75) is 19.6 Å². The summed E-state index contributed by atoms with van der Waals surface area (Å²) in [5, 5.41) is 11.1. The molecule has 1 unspecified atom stereocenters. The normalized spacial score (nSPS) is 12.9. The molecule has 11 heteroatoms. The van der Waals surface area contributed by atoms with Crippen molar-refractivity contribution < 1.29 is 18.0 Å². The molecule has 4 aromatic rings. The van der Waals surface area contributed by atoms with E-state index in [1.165, 1.54) is 16.9 Å². The highest BCUT2D eigenvalue weighted by Gasteiger charge is 2.38. The van der Waals surface area contributed by atoms with Gasteiger partial charge in [0.25, 0.3) is 5.91 Å². The molecular formula is C20H17ClF3N5OS. The van der Waals surface area contributed by atoms with Gasteiger partial charge in [0.05, 0.1) is 21.8 Å². The van der Waals surface area contributed by atoms with Crippen molar-refractivity contribution in [2.75, 3.05) is 6.54 Å². The first-order valence-electron chi connectivity index (χ1n) is 9.33. The molecule has 6 nitrogen and oxygen atoms in total. The summed E-state index contributed by atoms with van der Waals surface area (Å²) >= 11 is 6.82. The zero-order valence-corrected chi connectivity index (χ0v) is 17.8. The number of halogens is 4. The van der Waals surface area contributed by atoms with Crippen molar-refractivity contribution in [3.63, 3.8) is 0 Å². The number of aromatic nitrogens is 4. The summed E-state index contributed by atoms with van der Waals surface area (Å²) < 4.78 is 43.5. The third-order valence-corrected chi connectivity index (χ3v) is 5.87. The number of carbonyl (C=O) groups excluding carboxylic acids is 1. The van der Waals surface area contributed by atoms with Gasteiger partial charge >= 0.3 is 6.18 Å². The Morgan fingerprint density at radius 1 is 1.29 bits per heavy atom. The first-order valence-corrected chi connectivity index (χ1v) is 10.5. The van der Waals surface area contributed by atoms with Crippen LogP contribution >= 0.6 is 22.9 Å². The third-order valence-electron chi connectivity index (χ3n) is 4.56. The third kappa shape index (κ3) is 4.59. The molecule has 3 aromatic heterocycles. The van der Waals surface area contributed by atoms with Crippen LogP contribution in [0.4, 0.5) is 13.2 Å². The highest BCUT2D eigenvalue weighted by molar-refractivity contribution is 7.20. The number of nitrogens with zero attached hydrogens (tertiary/aromatic N) is 4. The van der Waals surface area contributed by atoms with Gasteiger partial charge < -0.3 is 5.32 Å². The van der Waals surface area contributed by atoms with Crippen LogP contribution in [0.1, 0.15) is 22.3 Å². The molecule has 0 radical (unpaired) electrons. The van der Waals surface area contributed by atoms with Crippen molar-refractivity contribution in [1.29, 1.82) is 0 Å². The predicted octanol–water partition coefficient (Wildman–Crippen LogP) is 5.02. The van der Waals surface area contributed by atoms with Gasteiger partial charge in [0.15, 0.2) is 5.69 Å². The number of thiophene rings is 1. The van der Waals surface area contributed by atoms with E-state index in [0.29, 0.717) is 23.8 Å². The molecule has 0 bridgehead atoms. The Morgan fingerprint density at radius 2 is 2.03 bits per heavy atom. The Balaban J connectivity index is 1.56. The molecule has 162 valence electrons. The fourth-order valence-electron chi connectivity index (χ4n) is 3.15. The average molecular weight is 468 g/mol. The average Bonchev–Trinajstić information content (AvgIpc) is 3.41. The Labute approximate surface area is 184 Å². The van der Waals surface area contributed by atoms with Gasteiger partial charge in [-0.15, -0.1) is 11.3 Å². The van der Waals surface area contributed by atoms with E-state index in [1.807, 2.05) is 6.92 Å². The summed E-state index contributed by atoms with van der Waals surface area (Å²) in [6.45, 7) is 2.80. The molecule has 0 aliphatic carbocycles. The van der Waals surface area contributed by atoms with Crippen molar-refractivity contribution in [2.24, 2.45) is 5.92 Å². The second-order valence-corrected chi connectivity index (χ2v) is 8.59. The lowest BCUT2D eigenvalue weighted by Crippen LogP contribution is -2.29. The maximum atomic E-state index is 13.5. The minimum Gasteiger partial charge on any atom is -0.351 e. The van der Waals surface area contributed by atoms with E-state index >= 15 is 0 Å². The van der Waals surface area contributed by atoms with Gasteiger partial charge in [-0.2, -0.15) is 23.4 Å². The Hall–Kier alpha value is -2.85. The van der Waals surface area contributed by atoms with E-state index < -0.39 is 17.8 Å². The van der Waals surface area contributed by atoms with Gasteiger partial charge in [-0.25, -0.2) is 4.68 Å². The second kappa shape index (κ2) is 8.35. The largest absolute Gasteiger partial charge is 0.435 e. The molecule has 0 aliphatic rings. The minimum atomic E-state index is -4.63. The Kier molecular flexibility index (Phi) is 5.76. The smallest absolute Gasteiger partial charge is 0.351 e. The maximum Gasteiger partial charge on any atom is 0.435 e. The number of carbonyl (C=O) groups is 1. The topological polar surface area (TPSA) is 64.7 Å². The maximum absolute atomic E-state index is 13.5. The molecule has 31 heavy (non-hydrogen) atoms. The first kappa shape index (κ1) is 21.4. The van der Waals surface area contributed by atoms with Gasteiger partial charge in [0.2, 0.25) is 0 Å². The van der Waals surface area contributed by atoms with Crippen LogP contribution < -0.4 is 5.32 Å². The lowest BCUT2D eigenvalue weighted by Gasteiger charge is -2.12. The van der Waals surface area contributed by atoms with E-state index in [0.717, 1.165) is 11.3 Å². The number of hydrogen-bond acceptors (Lipinski definition) is 4. The molecule has 1 N–H and O–H groups in total. The van der Waals surface area contributed by atoms with Crippen LogP contribution in [0.25, 0.3) is 15.9 Å². The van der Waals surface area contributed by atoms with Crippen LogP contribution in [0.2, 0.25) is 5.02 Å². The number of nitrogens with one attached hydrogen (secondary N) is 1. The molecular weight excluding hydrogens is 451 g/mol. The second-order valence-electron chi connectivity index (χ2n) is 7.12. The number of amides is 1. The first-order chi connectivity index (χ1) is 14.7. The van der Waals surface area contributed by atoms with Gasteiger partial charge in [-0.1, -0.05) is 36.7 Å². The summed E-state index contributed by atoms with van der Waals surface area (Å²) in [6, 6.07) is 9.77. The summed E-state index contributed by atoms with van der Waals surface area (Å²) in [5.74, 6) is -0.390. The quantitative estimate of drug-likeness (QED) is 0.433. The van der Waals surface area contributed by atoms with Gasteiger partial charge in [-0.3, -0.25) is 9.48 Å². The number of rotatable bonds is 6. The zero-order valence-electron chi connectivity index (χ0n) is 16.2. The van der Waals surface area contributed by atoms with Crippen molar-refractivity contribution in [3.8, 4) is 5.69 Å². The minimum absolute atomic E-state index is 0.0415. The summed E-state index contributed by atoms with van der Waals surface area (Å²) in [6.07, 6.45) is -1.43. The lowest BCUT2D eigenvalue weighted by atomic mass is 10.2. The number of benzene rings is 1. The van der Waals surface area contributed by atoms with E-state index in [9.17, 15) is 18.0 Å². The summed E-state index contributed by atoms with van der Waals surface area (Å²) in [4.78, 5) is 13.1. The molecule has 0 saturated heterocycles. The molecule has 1 amide bonds. The van der Waals surface area contributed by atoms with Gasteiger partial charge in [-0.05, 0) is 24.1 Å². The summed E-state index contributed by atoms with van der Waals surface area (Å²) in [7, 11) is 0. The fraction of sp³-hybridized carbons (Fsp3) is 0.250. The highest BCUT2D eigenvalue weighted by Crippen LogP contribution is 2.38. The van der Waals surface area contributed by atoms with Crippen molar-refractivity contribution in [1.82, 2.24) is 24.9 Å². The van der Waals surface area contributed by atoms with Crippen molar-refractivity contribution >= 4 is 39.1 Å². The standard InChI is InChI=1S/C20H17ClF3N5OS/c1-12(10-28-11-13(21)9-26-28)8-25-18(30)16-7-15-17(20(22,23)24)27-29(19(15)31-16)14-5-3-2-4-6-14/h2-7,9,11-12H,8,10H2,1H3,(H,25,30). The van der Waals surface area contributed by atoms with Crippen LogP contribution in [0, 0.1) is 5.92 Å². The molecule has 1 atom stereocenters. The van der Waals surface area contributed by atoms with Crippen LogP contribution in [0.5, 0.6) is 0 Å². The number of para-hydroxylation sites is 1. The van der Waals surface area contributed by atoms with E-state index in [-0.39, 0.29) is 21.0 Å². The van der Waals surface area contributed by atoms with Crippen LogP contribution in [0.15, 0.2) is 48.8 Å². The summed E-state index contributed by atoms with van der Waals surface area (Å²) in [5.41, 5.74) is -0.520. The van der Waals surface area contributed by atoms with Crippen LogP contribution in [-0.2, 0) is 12.7 Å². The molecule has 0 saturated carbocycles. The van der Waals surface area contributed by atoms with Crippen LogP contribution in [0.3, 0.4) is 0 Å². The molecule has 1 aromatic carbocycles. The van der Waals surface area contributed by atoms with E-state index in [4.69, 9.17) is 11.6 Å². The monoisotopic (exact) mass is 467 g/mol. The molecule has 0 fully saturated rings. The van der Waals surface area contributed by atoms with Crippen molar-refractivity contribution in [3.05, 3.63) is 64.4 Å². The van der Waals surface area contributed by atoms with E-state index in [1.54, 1.807) is 41.2 Å². The SMILES string of the molecule is CC(CNC(=O)c1cc2c(C(F)(F)F)nn(-c3ccccc3)c2s1)Cn1cc(Cl)cn1. The Bertz CT molecular complexity index is 1210. The lowest BCUT2D eigenvalue weighted by molar-refractivity contribution is -0.140. The molecule has 4 rings (SSSR count). The molecule has 0 aliphatic heterocycles. The fourth-order valence-corrected chi connectivity index (χ4v) is 4.35. The number of hydrogen-bond donors (Lipinski definition) is 1. The number of alkyl halides is 3. The van der Waals surface area contributed by atoms with Crippen LogP contribution in [-0.4, -0.2) is 32.0 Å². The van der Waals surface area contributed by atoms with E-state index in [2.05, 4.69) is 15.5 Å². The Morgan fingerprint density at radius 3 is 2.68 bits per heavy atom. The molecule has 3 heterocycles. The highest BCUT2D eigenvalue weighted by atomic mass is 35.5. The zero-order chi connectivity index (χ0) is 22.2.